The normalized spacial score (nSPS) is 11.2. The first-order valence-electron chi connectivity index (χ1n) is 14.7. The summed E-state index contributed by atoms with van der Waals surface area (Å²) in [4.78, 5) is 10.9. The molecule has 43 heavy (non-hydrogen) atoms. The molecule has 0 bridgehead atoms. The van der Waals surface area contributed by atoms with Gasteiger partial charge in [-0.3, -0.25) is 4.79 Å². The molecule has 0 aliphatic carbocycles. The lowest BCUT2D eigenvalue weighted by molar-refractivity contribution is -0.141. The summed E-state index contributed by atoms with van der Waals surface area (Å²) in [5, 5.41) is 0. The summed E-state index contributed by atoms with van der Waals surface area (Å²) in [6.45, 7) is 11.4. The maximum Gasteiger partial charge on any atom is 0.307 e. The van der Waals surface area contributed by atoms with Crippen molar-refractivity contribution in [3.8, 4) is 12.3 Å². The zero-order valence-electron chi connectivity index (χ0n) is 26.0. The molecule has 0 aliphatic rings. The molecule has 0 radical (unpaired) electrons. The lowest BCUT2D eigenvalue weighted by Crippen LogP contribution is -2.15. The molecule has 0 heterocycles. The zero-order chi connectivity index (χ0) is 31.2. The summed E-state index contributed by atoms with van der Waals surface area (Å²) in [7, 11) is 1.35. The smallest absolute Gasteiger partial charge is 0.307 e. The van der Waals surface area contributed by atoms with Crippen molar-refractivity contribution >= 4 is 5.97 Å². The van der Waals surface area contributed by atoms with E-state index in [0.29, 0.717) is 159 Å². The van der Waals surface area contributed by atoms with Crippen LogP contribution in [0.5, 0.6) is 0 Å². The fraction of sp³-hybridized carbons (Fsp3) is 0.897. The van der Waals surface area contributed by atoms with Gasteiger partial charge in [-0.25, -0.2) is 0 Å². The van der Waals surface area contributed by atoms with Gasteiger partial charge >= 0.3 is 5.97 Å². The Kier molecular flexibility index (Phi) is 37.3. The van der Waals surface area contributed by atoms with Crippen LogP contribution in [0.1, 0.15) is 6.42 Å². The molecule has 0 amide bonds. The van der Waals surface area contributed by atoms with Crippen LogP contribution in [-0.4, -0.2) is 172 Å². The van der Waals surface area contributed by atoms with Crippen LogP contribution >= 0.6 is 0 Å². The Morgan fingerprint density at radius 1 is 0.395 bits per heavy atom. The number of esters is 1. The zero-order valence-corrected chi connectivity index (χ0v) is 26.0. The van der Waals surface area contributed by atoms with E-state index < -0.39 is 0 Å². The monoisotopic (exact) mass is 626 g/mol. The van der Waals surface area contributed by atoms with Crippen molar-refractivity contribution < 1.29 is 66.4 Å². The molecule has 0 rings (SSSR count). The summed E-state index contributed by atoms with van der Waals surface area (Å²) < 4.78 is 69.1. The average Bonchev–Trinajstić information content (AvgIpc) is 3.02. The minimum atomic E-state index is -0.287. The van der Waals surface area contributed by atoms with E-state index in [2.05, 4.69) is 10.7 Å². The fourth-order valence-corrected chi connectivity index (χ4v) is 2.81. The van der Waals surface area contributed by atoms with Gasteiger partial charge in [0.2, 0.25) is 0 Å². The van der Waals surface area contributed by atoms with E-state index in [9.17, 15) is 4.79 Å². The molecule has 0 aromatic carbocycles. The Hall–Kier alpha value is -1.45. The topological polar surface area (TPSA) is 137 Å². The lowest BCUT2D eigenvalue weighted by atomic mass is 10.5. The van der Waals surface area contributed by atoms with Crippen LogP contribution in [0.3, 0.4) is 0 Å². The van der Waals surface area contributed by atoms with E-state index in [-0.39, 0.29) is 12.4 Å². The number of carbonyl (C=O) groups excluding carboxylic acids is 1. The number of carbonyl (C=O) groups is 1. The van der Waals surface area contributed by atoms with Crippen molar-refractivity contribution in [3.63, 3.8) is 0 Å². The van der Waals surface area contributed by atoms with Crippen LogP contribution in [-0.2, 0) is 66.4 Å². The number of hydrogen-bond donors (Lipinski definition) is 0. The van der Waals surface area contributed by atoms with Crippen LogP contribution in [0, 0.1) is 12.3 Å². The number of rotatable bonds is 37. The van der Waals surface area contributed by atoms with Crippen LogP contribution in [0.4, 0.5) is 0 Å². The van der Waals surface area contributed by atoms with Gasteiger partial charge in [-0.1, -0.05) is 5.92 Å². The summed E-state index contributed by atoms with van der Waals surface area (Å²) in [6, 6.07) is 0. The Bertz CT molecular complexity index is 590. The molecule has 0 aromatic heterocycles. The third kappa shape index (κ3) is 38.5. The molecule has 0 fully saturated rings. The summed E-state index contributed by atoms with van der Waals surface area (Å²) in [6.07, 6.45) is 5.32. The molecular formula is C29H54O14. The lowest BCUT2D eigenvalue weighted by Gasteiger charge is -2.09. The van der Waals surface area contributed by atoms with E-state index in [0.717, 1.165) is 0 Å². The highest BCUT2D eigenvalue weighted by Crippen LogP contribution is 1.89. The van der Waals surface area contributed by atoms with Gasteiger partial charge in [0.05, 0.1) is 165 Å². The van der Waals surface area contributed by atoms with Crippen molar-refractivity contribution in [2.24, 2.45) is 0 Å². The minimum absolute atomic E-state index is 0.244. The van der Waals surface area contributed by atoms with Crippen LogP contribution in [0.15, 0.2) is 0 Å². The average molecular weight is 627 g/mol. The van der Waals surface area contributed by atoms with Crippen molar-refractivity contribution in [1.29, 1.82) is 0 Å². The SMILES string of the molecule is C#CCOCCOCCOCCOCCOCCOCCOCCOCCOCCOCCOCCOCCC(=O)OC. The van der Waals surface area contributed by atoms with Gasteiger partial charge in [0.1, 0.15) is 6.61 Å². The molecule has 0 atom stereocenters. The molecule has 0 aliphatic heterocycles. The van der Waals surface area contributed by atoms with Gasteiger partial charge < -0.3 is 61.6 Å². The fourth-order valence-electron chi connectivity index (χ4n) is 2.81. The Morgan fingerprint density at radius 2 is 0.605 bits per heavy atom. The standard InChI is InChI=1S/C29H54O14/c1-3-5-32-7-9-34-11-13-36-15-17-38-19-21-40-23-25-42-27-28-43-26-24-41-22-20-39-18-16-37-14-12-35-10-8-33-6-4-29(30)31-2/h1H,4-28H2,2H3. The molecular weight excluding hydrogens is 572 g/mol. The van der Waals surface area contributed by atoms with Gasteiger partial charge in [-0.15, -0.1) is 6.42 Å². The second-order valence-corrected chi connectivity index (χ2v) is 8.32. The molecule has 0 saturated heterocycles. The van der Waals surface area contributed by atoms with Crippen molar-refractivity contribution in [2.45, 2.75) is 6.42 Å². The predicted octanol–water partition coefficient (Wildman–Crippen LogP) is 0.382. The van der Waals surface area contributed by atoms with Crippen LogP contribution in [0.2, 0.25) is 0 Å². The van der Waals surface area contributed by atoms with Gasteiger partial charge in [0.25, 0.3) is 0 Å². The van der Waals surface area contributed by atoms with E-state index in [1.54, 1.807) is 0 Å². The summed E-state index contributed by atoms with van der Waals surface area (Å²) >= 11 is 0. The highest BCUT2D eigenvalue weighted by Gasteiger charge is 1.99. The molecule has 14 heteroatoms. The molecule has 0 saturated carbocycles. The summed E-state index contributed by atoms with van der Waals surface area (Å²) in [5.41, 5.74) is 0. The van der Waals surface area contributed by atoms with E-state index in [1.807, 2.05) is 0 Å². The molecule has 0 unspecified atom stereocenters. The molecule has 0 aromatic rings. The van der Waals surface area contributed by atoms with Crippen molar-refractivity contribution in [1.82, 2.24) is 0 Å². The third-order valence-electron chi connectivity index (χ3n) is 4.96. The highest BCUT2D eigenvalue weighted by molar-refractivity contribution is 5.69. The Morgan fingerprint density at radius 3 is 0.814 bits per heavy atom. The summed E-state index contributed by atoms with van der Waals surface area (Å²) in [5.74, 6) is 2.11. The Balaban J connectivity index is 3.05. The molecule has 0 spiro atoms. The Labute approximate surface area is 257 Å². The first kappa shape index (κ1) is 41.5. The van der Waals surface area contributed by atoms with E-state index in [4.69, 9.17) is 63.3 Å². The van der Waals surface area contributed by atoms with E-state index in [1.165, 1.54) is 7.11 Å². The quantitative estimate of drug-likeness (QED) is 0.0534. The van der Waals surface area contributed by atoms with Gasteiger partial charge in [-0.05, 0) is 0 Å². The van der Waals surface area contributed by atoms with Crippen molar-refractivity contribution in [3.05, 3.63) is 0 Å². The first-order valence-corrected chi connectivity index (χ1v) is 14.7. The van der Waals surface area contributed by atoms with Crippen LogP contribution < -0.4 is 0 Å². The largest absolute Gasteiger partial charge is 0.469 e. The predicted molar refractivity (Wildman–Crippen MR) is 155 cm³/mol. The highest BCUT2D eigenvalue weighted by atomic mass is 16.6. The van der Waals surface area contributed by atoms with Crippen molar-refractivity contribution in [2.75, 3.05) is 166 Å². The maximum atomic E-state index is 10.9. The number of methoxy groups -OCH3 is 1. The van der Waals surface area contributed by atoms with Gasteiger partial charge in [0, 0.05) is 0 Å². The number of terminal acetylenes is 1. The second-order valence-electron chi connectivity index (χ2n) is 8.32. The molecule has 254 valence electrons. The van der Waals surface area contributed by atoms with E-state index >= 15 is 0 Å². The third-order valence-corrected chi connectivity index (χ3v) is 4.96. The molecule has 0 N–H and O–H groups in total. The molecule has 14 nitrogen and oxygen atoms in total. The number of ether oxygens (including phenoxy) is 13. The number of hydrogen-bond acceptors (Lipinski definition) is 14. The first-order chi connectivity index (χ1) is 21.3. The maximum absolute atomic E-state index is 10.9. The van der Waals surface area contributed by atoms with Crippen LogP contribution in [0.25, 0.3) is 0 Å². The van der Waals surface area contributed by atoms with Gasteiger partial charge in [0.15, 0.2) is 0 Å². The minimum Gasteiger partial charge on any atom is -0.469 e. The second kappa shape index (κ2) is 38.6. The van der Waals surface area contributed by atoms with Gasteiger partial charge in [-0.2, -0.15) is 0 Å².